The zero-order chi connectivity index (χ0) is 21.4. The van der Waals surface area contributed by atoms with Crippen LogP contribution in [0.3, 0.4) is 0 Å². The molecule has 0 saturated carbocycles. The van der Waals surface area contributed by atoms with Crippen molar-refractivity contribution >= 4 is 23.3 Å². The zero-order valence-electron chi connectivity index (χ0n) is 15.9. The summed E-state index contributed by atoms with van der Waals surface area (Å²) in [5.41, 5.74) is 1.96. The molecule has 1 aliphatic heterocycles. The van der Waals surface area contributed by atoms with Crippen LogP contribution in [0.2, 0.25) is 5.02 Å². The van der Waals surface area contributed by atoms with E-state index in [9.17, 15) is 9.18 Å². The van der Waals surface area contributed by atoms with Gasteiger partial charge in [0, 0.05) is 28.4 Å². The van der Waals surface area contributed by atoms with Crippen LogP contribution < -0.4 is 14.8 Å². The highest BCUT2D eigenvalue weighted by Gasteiger charge is 2.17. The lowest BCUT2D eigenvalue weighted by Crippen LogP contribution is -2.13. The van der Waals surface area contributed by atoms with Crippen molar-refractivity contribution < 1.29 is 18.7 Å². The maximum Gasteiger partial charge on any atom is 0.274 e. The Morgan fingerprint density at radius 3 is 2.94 bits per heavy atom. The van der Waals surface area contributed by atoms with Crippen molar-refractivity contribution in [2.75, 3.05) is 12.1 Å². The summed E-state index contributed by atoms with van der Waals surface area (Å²) in [6, 6.07) is 13.2. The number of hydrogen-bond donors (Lipinski definition) is 2. The van der Waals surface area contributed by atoms with Crippen LogP contribution in [0, 0.1) is 5.82 Å². The van der Waals surface area contributed by atoms with Gasteiger partial charge in [-0.2, -0.15) is 10.2 Å². The Morgan fingerprint density at radius 2 is 2.06 bits per heavy atom. The molecule has 3 heterocycles. The molecule has 31 heavy (non-hydrogen) atoms. The minimum atomic E-state index is -0.415. The number of carbonyl (C=O) groups is 1. The van der Waals surface area contributed by atoms with Gasteiger partial charge in [0.2, 0.25) is 6.79 Å². The van der Waals surface area contributed by atoms with Crippen LogP contribution in [-0.4, -0.2) is 32.7 Å². The number of aromatic amines is 1. The van der Waals surface area contributed by atoms with Gasteiger partial charge in [-0.05, 0) is 36.4 Å². The number of nitrogens with one attached hydrogen (secondary N) is 2. The number of anilines is 1. The van der Waals surface area contributed by atoms with Crippen molar-refractivity contribution in [1.82, 2.24) is 20.0 Å². The van der Waals surface area contributed by atoms with Gasteiger partial charge in [-0.15, -0.1) is 0 Å². The number of aromatic nitrogens is 4. The summed E-state index contributed by atoms with van der Waals surface area (Å²) < 4.78 is 26.1. The zero-order valence-corrected chi connectivity index (χ0v) is 16.7. The van der Waals surface area contributed by atoms with E-state index in [1.54, 1.807) is 36.5 Å². The summed E-state index contributed by atoms with van der Waals surface area (Å²) in [4.78, 5) is 12.6. The second-order valence-corrected chi connectivity index (χ2v) is 7.19. The van der Waals surface area contributed by atoms with E-state index >= 15 is 0 Å². The first-order valence-corrected chi connectivity index (χ1v) is 9.68. The first-order chi connectivity index (χ1) is 15.1. The van der Waals surface area contributed by atoms with Crippen molar-refractivity contribution in [3.05, 3.63) is 76.8 Å². The summed E-state index contributed by atoms with van der Waals surface area (Å²) in [5, 5.41) is 14.2. The van der Waals surface area contributed by atoms with Gasteiger partial charge < -0.3 is 14.8 Å². The lowest BCUT2D eigenvalue weighted by atomic mass is 10.1. The number of benzene rings is 2. The fraction of sp³-hybridized carbons (Fsp3) is 0.0952. The van der Waals surface area contributed by atoms with Crippen LogP contribution in [0.25, 0.3) is 11.3 Å². The van der Waals surface area contributed by atoms with Crippen molar-refractivity contribution in [1.29, 1.82) is 0 Å². The number of H-pyrrole nitrogens is 1. The molecule has 10 heteroatoms. The first-order valence-electron chi connectivity index (χ1n) is 9.30. The lowest BCUT2D eigenvalue weighted by molar-refractivity contribution is 0.102. The number of amides is 1. The molecule has 0 saturated heterocycles. The Kier molecular flexibility index (Phi) is 4.79. The number of hydrogen-bond acceptors (Lipinski definition) is 5. The molecule has 0 aliphatic carbocycles. The molecule has 2 N–H and O–H groups in total. The van der Waals surface area contributed by atoms with E-state index in [0.29, 0.717) is 33.6 Å². The highest BCUT2D eigenvalue weighted by Crippen LogP contribution is 2.35. The summed E-state index contributed by atoms with van der Waals surface area (Å²) in [6.45, 7) is 0.322. The topological polar surface area (TPSA) is 94.1 Å². The molecule has 156 valence electrons. The number of halogens is 2. The third kappa shape index (κ3) is 3.82. The summed E-state index contributed by atoms with van der Waals surface area (Å²) in [7, 11) is 0. The summed E-state index contributed by atoms with van der Waals surface area (Å²) in [5.74, 6) is 0.795. The molecule has 8 nitrogen and oxygen atoms in total. The van der Waals surface area contributed by atoms with Crippen molar-refractivity contribution in [2.24, 2.45) is 0 Å². The maximum atomic E-state index is 14.0. The Balaban J connectivity index is 1.28. The SMILES string of the molecule is O=C(Nc1ccn(Cc2c(F)cccc2Cl)n1)c1cc(-c2ccc3c(c2)OCO3)n[nH]1. The normalized spacial score (nSPS) is 12.2. The Bertz CT molecular complexity index is 1270. The fourth-order valence-electron chi connectivity index (χ4n) is 3.19. The van der Waals surface area contributed by atoms with E-state index in [1.165, 1.54) is 16.8 Å². The molecule has 2 aromatic heterocycles. The molecule has 1 aliphatic rings. The number of fused-ring (bicyclic) bond motifs is 1. The molecule has 0 spiro atoms. The van der Waals surface area contributed by atoms with Crippen LogP contribution >= 0.6 is 11.6 Å². The fourth-order valence-corrected chi connectivity index (χ4v) is 3.41. The molecular weight excluding hydrogens is 425 g/mol. The molecule has 4 aromatic rings. The number of nitrogens with zero attached hydrogens (tertiary/aromatic N) is 3. The average Bonchev–Trinajstić information content (AvgIpc) is 3.50. The van der Waals surface area contributed by atoms with Gasteiger partial charge in [0.25, 0.3) is 5.91 Å². The Hall–Kier alpha value is -3.85. The van der Waals surface area contributed by atoms with Crippen LogP contribution in [-0.2, 0) is 6.54 Å². The lowest BCUT2D eigenvalue weighted by Gasteiger charge is -2.06. The van der Waals surface area contributed by atoms with E-state index in [0.717, 1.165) is 5.56 Å². The Labute approximate surface area is 180 Å². The van der Waals surface area contributed by atoms with E-state index in [-0.39, 0.29) is 19.0 Å². The van der Waals surface area contributed by atoms with Crippen molar-refractivity contribution in [3.8, 4) is 22.8 Å². The van der Waals surface area contributed by atoms with Crippen LogP contribution in [0.1, 0.15) is 16.1 Å². The predicted octanol–water partition coefficient (Wildman–Crippen LogP) is 4.10. The van der Waals surface area contributed by atoms with Gasteiger partial charge >= 0.3 is 0 Å². The molecule has 2 aromatic carbocycles. The van der Waals surface area contributed by atoms with Gasteiger partial charge in [-0.3, -0.25) is 14.6 Å². The molecule has 0 atom stereocenters. The average molecular weight is 440 g/mol. The van der Waals surface area contributed by atoms with Gasteiger partial charge in [-0.1, -0.05) is 17.7 Å². The minimum absolute atomic E-state index is 0.139. The Morgan fingerprint density at radius 1 is 1.19 bits per heavy atom. The van der Waals surface area contributed by atoms with E-state index < -0.39 is 11.7 Å². The van der Waals surface area contributed by atoms with Gasteiger partial charge in [0.15, 0.2) is 17.3 Å². The third-order valence-corrected chi connectivity index (χ3v) is 5.11. The van der Waals surface area contributed by atoms with E-state index in [2.05, 4.69) is 20.6 Å². The number of ether oxygens (including phenoxy) is 2. The van der Waals surface area contributed by atoms with E-state index in [1.807, 2.05) is 6.07 Å². The van der Waals surface area contributed by atoms with Crippen molar-refractivity contribution in [2.45, 2.75) is 6.54 Å². The first kappa shape index (κ1) is 19.1. The van der Waals surface area contributed by atoms with Gasteiger partial charge in [0.05, 0.1) is 12.2 Å². The van der Waals surface area contributed by atoms with Crippen molar-refractivity contribution in [3.63, 3.8) is 0 Å². The standard InChI is InChI=1S/C21H15ClFN5O3/c22-14-2-1-3-15(23)13(14)10-28-7-6-20(27-28)24-21(29)17-9-16(25-26-17)12-4-5-18-19(8-12)31-11-30-18/h1-9H,10-11H2,(H,25,26)(H,24,27,29). The largest absolute Gasteiger partial charge is 0.454 e. The van der Waals surface area contributed by atoms with E-state index in [4.69, 9.17) is 21.1 Å². The molecular formula is C21H15ClFN5O3. The second kappa shape index (κ2) is 7.77. The maximum absolute atomic E-state index is 14.0. The van der Waals surface area contributed by atoms with Gasteiger partial charge in [-0.25, -0.2) is 4.39 Å². The molecule has 1 amide bonds. The highest BCUT2D eigenvalue weighted by atomic mass is 35.5. The minimum Gasteiger partial charge on any atom is -0.454 e. The molecule has 0 unspecified atom stereocenters. The summed E-state index contributed by atoms with van der Waals surface area (Å²) in [6.07, 6.45) is 1.63. The molecule has 0 bridgehead atoms. The number of carbonyl (C=O) groups excluding carboxylic acids is 1. The molecule has 0 fully saturated rings. The molecule has 5 rings (SSSR count). The van der Waals surface area contributed by atoms with Crippen LogP contribution in [0.5, 0.6) is 11.5 Å². The monoisotopic (exact) mass is 439 g/mol. The second-order valence-electron chi connectivity index (χ2n) is 6.79. The van der Waals surface area contributed by atoms with Gasteiger partial charge in [0.1, 0.15) is 11.5 Å². The smallest absolute Gasteiger partial charge is 0.274 e. The molecule has 0 radical (unpaired) electrons. The summed E-state index contributed by atoms with van der Waals surface area (Å²) >= 11 is 6.06. The van der Waals surface area contributed by atoms with Crippen LogP contribution in [0.15, 0.2) is 54.7 Å². The van der Waals surface area contributed by atoms with Crippen LogP contribution in [0.4, 0.5) is 10.2 Å². The number of rotatable bonds is 5. The predicted molar refractivity (Wildman–Crippen MR) is 111 cm³/mol. The highest BCUT2D eigenvalue weighted by molar-refractivity contribution is 6.31. The third-order valence-electron chi connectivity index (χ3n) is 4.75. The quantitative estimate of drug-likeness (QED) is 0.488.